The normalized spacial score (nSPS) is 12.8. The lowest BCUT2D eigenvalue weighted by atomic mass is 9.94. The van der Waals surface area contributed by atoms with E-state index in [2.05, 4.69) is 119 Å². The molecule has 0 radical (unpaired) electrons. The smallest absolute Gasteiger partial charge is 0.164 e. The zero-order chi connectivity index (χ0) is 32.6. The van der Waals surface area contributed by atoms with Crippen LogP contribution in [0.25, 0.3) is 78.1 Å². The first-order valence-corrected chi connectivity index (χ1v) is 16.6. The Kier molecular flexibility index (Phi) is 7.21. The first-order valence-electron chi connectivity index (χ1n) is 16.6. The third-order valence-corrected chi connectivity index (χ3v) is 9.19. The van der Waals surface area contributed by atoms with E-state index in [1.807, 2.05) is 54.9 Å². The van der Waals surface area contributed by atoms with E-state index in [4.69, 9.17) is 15.0 Å². The van der Waals surface area contributed by atoms with Crippen LogP contribution < -0.4 is 0 Å². The van der Waals surface area contributed by atoms with Crippen molar-refractivity contribution >= 4 is 27.4 Å². The number of rotatable bonds is 6. The lowest BCUT2D eigenvalue weighted by Crippen LogP contribution is -2.03. The number of hydrogen-bond acceptors (Lipinski definition) is 4. The Bertz CT molecular complexity index is 2530. The van der Waals surface area contributed by atoms with Crippen molar-refractivity contribution in [2.45, 2.75) is 12.8 Å². The fraction of sp³-hybridized carbons (Fsp3) is 0.0455. The van der Waals surface area contributed by atoms with Crippen molar-refractivity contribution < 1.29 is 0 Å². The van der Waals surface area contributed by atoms with Gasteiger partial charge in [-0.3, -0.25) is 4.57 Å². The van der Waals surface area contributed by atoms with Crippen LogP contribution in [0.2, 0.25) is 0 Å². The van der Waals surface area contributed by atoms with Gasteiger partial charge in [-0.2, -0.15) is 0 Å². The van der Waals surface area contributed by atoms with Crippen molar-refractivity contribution in [3.8, 4) is 50.7 Å². The zero-order valence-electron chi connectivity index (χ0n) is 26.7. The van der Waals surface area contributed by atoms with Crippen molar-refractivity contribution in [3.63, 3.8) is 0 Å². The highest BCUT2D eigenvalue weighted by Crippen LogP contribution is 2.34. The molecule has 0 N–H and O–H groups in total. The van der Waals surface area contributed by atoms with E-state index < -0.39 is 0 Å². The summed E-state index contributed by atoms with van der Waals surface area (Å²) in [6, 6.07) is 48.8. The maximum absolute atomic E-state index is 4.94. The van der Waals surface area contributed by atoms with Crippen molar-refractivity contribution in [2.75, 3.05) is 0 Å². The van der Waals surface area contributed by atoms with Crippen molar-refractivity contribution in [3.05, 3.63) is 170 Å². The lowest BCUT2D eigenvalue weighted by molar-refractivity contribution is 1.01. The molecule has 6 aromatic carbocycles. The molecule has 0 bridgehead atoms. The standard InChI is InChI=1S/C44H31N5/c1-3-10-33(11-4-1)42-46-43(34-12-5-2-6-13-34)48-44(47-42)35-21-18-32(19-22-35)38-15-9-14-31-20-23-36(28-39(31)38)30-24-26-37(27-25-30)49-29-45-40-16-7-8-17-41(40)49/h1,3-5,7-29H,2,6H2. The average Bonchev–Trinajstić information content (AvgIpc) is 3.62. The molecule has 49 heavy (non-hydrogen) atoms. The Hall–Kier alpha value is -6.46. The second-order valence-electron chi connectivity index (χ2n) is 12.3. The number of fused-ring (bicyclic) bond motifs is 2. The van der Waals surface area contributed by atoms with Crippen LogP contribution in [0.3, 0.4) is 0 Å². The molecule has 0 saturated heterocycles. The second kappa shape index (κ2) is 12.3. The number of allylic oxidation sites excluding steroid dienone is 4. The average molecular weight is 630 g/mol. The van der Waals surface area contributed by atoms with Crippen LogP contribution in [0.5, 0.6) is 0 Å². The molecule has 0 aliphatic heterocycles. The minimum atomic E-state index is 0.669. The van der Waals surface area contributed by atoms with E-state index >= 15 is 0 Å². The molecular weight excluding hydrogens is 599 g/mol. The van der Waals surface area contributed by atoms with Gasteiger partial charge in [0.15, 0.2) is 17.5 Å². The molecule has 232 valence electrons. The van der Waals surface area contributed by atoms with Gasteiger partial charge in [0, 0.05) is 22.4 Å². The molecule has 0 amide bonds. The summed E-state index contributed by atoms with van der Waals surface area (Å²) in [6.07, 6.45) is 10.4. The molecule has 9 rings (SSSR count). The molecular formula is C44H31N5. The van der Waals surface area contributed by atoms with Crippen LogP contribution in [0.15, 0.2) is 164 Å². The summed E-state index contributed by atoms with van der Waals surface area (Å²) < 4.78 is 2.13. The summed E-state index contributed by atoms with van der Waals surface area (Å²) >= 11 is 0. The van der Waals surface area contributed by atoms with Gasteiger partial charge in [0.1, 0.15) is 6.33 Å². The maximum Gasteiger partial charge on any atom is 0.164 e. The Balaban J connectivity index is 1.06. The van der Waals surface area contributed by atoms with Crippen LogP contribution in [-0.2, 0) is 0 Å². The Morgan fingerprint density at radius 1 is 0.510 bits per heavy atom. The highest BCUT2D eigenvalue weighted by Gasteiger charge is 2.14. The van der Waals surface area contributed by atoms with Gasteiger partial charge in [-0.15, -0.1) is 0 Å². The Morgan fingerprint density at radius 3 is 2.00 bits per heavy atom. The molecule has 0 spiro atoms. The first-order chi connectivity index (χ1) is 24.3. The largest absolute Gasteiger partial charge is 0.299 e. The van der Waals surface area contributed by atoms with Crippen LogP contribution in [-0.4, -0.2) is 24.5 Å². The number of para-hydroxylation sites is 2. The summed E-state index contributed by atoms with van der Waals surface area (Å²) in [5, 5.41) is 2.41. The summed E-state index contributed by atoms with van der Waals surface area (Å²) in [6.45, 7) is 0. The van der Waals surface area contributed by atoms with E-state index in [1.54, 1.807) is 0 Å². The fourth-order valence-electron chi connectivity index (χ4n) is 6.61. The second-order valence-corrected chi connectivity index (χ2v) is 12.3. The fourth-order valence-corrected chi connectivity index (χ4v) is 6.61. The van der Waals surface area contributed by atoms with Gasteiger partial charge in [-0.25, -0.2) is 19.9 Å². The zero-order valence-corrected chi connectivity index (χ0v) is 26.7. The minimum Gasteiger partial charge on any atom is -0.299 e. The van der Waals surface area contributed by atoms with E-state index in [0.29, 0.717) is 17.5 Å². The Labute approximate surface area is 284 Å². The number of aromatic nitrogens is 5. The molecule has 5 nitrogen and oxygen atoms in total. The monoisotopic (exact) mass is 629 g/mol. The molecule has 8 aromatic rings. The molecule has 2 aromatic heterocycles. The van der Waals surface area contributed by atoms with Crippen LogP contribution >= 0.6 is 0 Å². The van der Waals surface area contributed by atoms with Crippen LogP contribution in [0.1, 0.15) is 18.7 Å². The number of imidazole rings is 1. The topological polar surface area (TPSA) is 56.5 Å². The number of benzene rings is 6. The minimum absolute atomic E-state index is 0.669. The number of hydrogen-bond donors (Lipinski definition) is 0. The van der Waals surface area contributed by atoms with E-state index in [9.17, 15) is 0 Å². The predicted molar refractivity (Wildman–Crippen MR) is 200 cm³/mol. The molecule has 0 saturated carbocycles. The SMILES string of the molecule is C1=CC(c2nc(-c3ccccc3)nc(-c3ccc(-c4cccc5ccc(-c6ccc(-n7cnc8ccccc87)cc6)cc45)cc3)n2)=CCC1. The highest BCUT2D eigenvalue weighted by atomic mass is 15.0. The van der Waals surface area contributed by atoms with Gasteiger partial charge < -0.3 is 0 Å². The molecule has 0 fully saturated rings. The van der Waals surface area contributed by atoms with Crippen LogP contribution in [0.4, 0.5) is 0 Å². The van der Waals surface area contributed by atoms with Crippen molar-refractivity contribution in [1.29, 1.82) is 0 Å². The van der Waals surface area contributed by atoms with Gasteiger partial charge in [0.2, 0.25) is 0 Å². The van der Waals surface area contributed by atoms with E-state index in [0.717, 1.165) is 51.8 Å². The predicted octanol–water partition coefficient (Wildman–Crippen LogP) is 10.8. The number of nitrogens with zero attached hydrogens (tertiary/aromatic N) is 5. The molecule has 0 unspecified atom stereocenters. The lowest BCUT2D eigenvalue weighted by Gasteiger charge is -2.12. The first kappa shape index (κ1) is 28.7. The molecule has 5 heteroatoms. The van der Waals surface area contributed by atoms with Crippen molar-refractivity contribution in [2.24, 2.45) is 0 Å². The highest BCUT2D eigenvalue weighted by molar-refractivity contribution is 5.99. The van der Waals surface area contributed by atoms with Gasteiger partial charge in [0.25, 0.3) is 0 Å². The molecule has 1 aliphatic rings. The van der Waals surface area contributed by atoms with E-state index in [-0.39, 0.29) is 0 Å². The van der Waals surface area contributed by atoms with Crippen LogP contribution in [0, 0.1) is 0 Å². The third kappa shape index (κ3) is 5.51. The van der Waals surface area contributed by atoms with Gasteiger partial charge in [0.05, 0.1) is 11.0 Å². The van der Waals surface area contributed by atoms with Gasteiger partial charge in [-0.1, -0.05) is 127 Å². The summed E-state index contributed by atoms with van der Waals surface area (Å²) in [5.74, 6) is 2.05. The quantitative estimate of drug-likeness (QED) is 0.184. The summed E-state index contributed by atoms with van der Waals surface area (Å²) in [5.41, 5.74) is 10.8. The molecule has 1 aliphatic carbocycles. The maximum atomic E-state index is 4.94. The molecule has 2 heterocycles. The third-order valence-electron chi connectivity index (χ3n) is 9.19. The molecule has 0 atom stereocenters. The van der Waals surface area contributed by atoms with Gasteiger partial charge in [-0.05, 0) is 76.2 Å². The van der Waals surface area contributed by atoms with E-state index in [1.165, 1.54) is 27.5 Å². The van der Waals surface area contributed by atoms with Crippen molar-refractivity contribution in [1.82, 2.24) is 24.5 Å². The summed E-state index contributed by atoms with van der Waals surface area (Å²) in [4.78, 5) is 19.3. The Morgan fingerprint density at radius 2 is 1.20 bits per heavy atom. The van der Waals surface area contributed by atoms with Gasteiger partial charge >= 0.3 is 0 Å². The summed E-state index contributed by atoms with van der Waals surface area (Å²) in [7, 11) is 0.